The molecule has 1 aromatic rings. The second-order valence-corrected chi connectivity index (χ2v) is 20.6. The van der Waals surface area contributed by atoms with E-state index in [0.29, 0.717) is 11.9 Å². The van der Waals surface area contributed by atoms with Crippen molar-refractivity contribution in [2.45, 2.75) is 128 Å². The monoisotopic (exact) mass is 654 g/mol. The van der Waals surface area contributed by atoms with Crippen LogP contribution in [0.15, 0.2) is 15.8 Å². The summed E-state index contributed by atoms with van der Waals surface area (Å²) in [6, 6.07) is 1.46. The molecule has 1 saturated heterocycles. The largest absolute Gasteiger partial charge is 0.472 e. The third-order valence-electron chi connectivity index (χ3n) is 7.29. The van der Waals surface area contributed by atoms with Gasteiger partial charge in [-0.05, 0) is 12.2 Å². The van der Waals surface area contributed by atoms with Crippen LogP contribution in [-0.4, -0.2) is 64.6 Å². The maximum atomic E-state index is 13.5. The van der Waals surface area contributed by atoms with Crippen molar-refractivity contribution in [3.8, 4) is 0 Å². The van der Waals surface area contributed by atoms with Crippen molar-refractivity contribution in [1.82, 2.24) is 9.55 Å². The van der Waals surface area contributed by atoms with Gasteiger partial charge < -0.3 is 14.7 Å². The number of aliphatic hydroxyl groups is 1. The lowest BCUT2D eigenvalue weighted by Crippen LogP contribution is -2.34. The van der Waals surface area contributed by atoms with Crippen molar-refractivity contribution in [2.24, 2.45) is 0 Å². The number of aliphatic hydroxyl groups excluding tert-OH is 1. The Morgan fingerprint density at radius 3 is 2.17 bits per heavy atom. The number of thioether (sulfide) groups is 1. The van der Waals surface area contributed by atoms with Crippen LogP contribution in [0.2, 0.25) is 25.7 Å². The quantitative estimate of drug-likeness (QED) is 0.0714. The summed E-state index contributed by atoms with van der Waals surface area (Å²) in [5.74, 6) is 0.344. The average Bonchev–Trinajstić information content (AvgIpc) is 3.28. The van der Waals surface area contributed by atoms with E-state index in [0.717, 1.165) is 16.7 Å². The lowest BCUT2D eigenvalue weighted by atomic mass is 10.1. The highest BCUT2D eigenvalue weighted by atomic mass is 32.2. The molecule has 2 rings (SSSR count). The maximum Gasteiger partial charge on any atom is 0.472 e. The van der Waals surface area contributed by atoms with Gasteiger partial charge >= 0.3 is 13.5 Å². The maximum absolute atomic E-state index is 13.5. The minimum absolute atomic E-state index is 0.0412. The van der Waals surface area contributed by atoms with E-state index in [4.69, 9.17) is 13.8 Å². The highest BCUT2D eigenvalue weighted by molar-refractivity contribution is 7.99. The van der Waals surface area contributed by atoms with E-state index in [1.807, 2.05) is 4.98 Å². The van der Waals surface area contributed by atoms with Gasteiger partial charge in [-0.2, -0.15) is 16.2 Å². The van der Waals surface area contributed by atoms with Crippen LogP contribution in [0.1, 0.15) is 89.7 Å². The topological polar surface area (TPSA) is 140 Å². The first kappa shape index (κ1) is 37.4. The molecule has 10 nitrogen and oxygen atoms in total. The number of rotatable bonds is 23. The molecule has 0 amide bonds. The molecule has 14 heteroatoms. The molecule has 0 aromatic carbocycles. The van der Waals surface area contributed by atoms with Gasteiger partial charge in [0.25, 0.3) is 5.56 Å². The van der Waals surface area contributed by atoms with Gasteiger partial charge in [0.2, 0.25) is 5.82 Å². The third kappa shape index (κ3) is 15.8. The molecule has 1 aromatic heterocycles. The summed E-state index contributed by atoms with van der Waals surface area (Å²) in [6.07, 6.45) is 13.2. The van der Waals surface area contributed by atoms with Gasteiger partial charge in [0, 0.05) is 20.2 Å². The summed E-state index contributed by atoms with van der Waals surface area (Å²) in [4.78, 5) is 34.8. The minimum atomic E-state index is -4.36. The highest BCUT2D eigenvalue weighted by Crippen LogP contribution is 2.44. The smallest absolute Gasteiger partial charge is 0.390 e. The number of halogens is 1. The number of aromatic amines is 1. The summed E-state index contributed by atoms with van der Waals surface area (Å²) in [5.41, 5.74) is -2.05. The predicted octanol–water partition coefficient (Wildman–Crippen LogP) is 6.21. The molecular formula is C28H52FN2O8PSSi. The number of phosphoric ester groups is 1. The van der Waals surface area contributed by atoms with Gasteiger partial charge in [-0.3, -0.25) is 23.4 Å². The Hall–Kier alpha value is -0.793. The molecule has 1 aliphatic rings. The summed E-state index contributed by atoms with van der Waals surface area (Å²) >= 11 is 1.66. The first-order chi connectivity index (χ1) is 19.9. The number of hydrogen-bond acceptors (Lipinski definition) is 8. The zero-order valence-electron chi connectivity index (χ0n) is 25.6. The van der Waals surface area contributed by atoms with E-state index in [9.17, 15) is 28.5 Å². The number of ether oxygens (including phenoxy) is 1. The first-order valence-electron chi connectivity index (χ1n) is 15.4. The van der Waals surface area contributed by atoms with Crippen LogP contribution >= 0.6 is 19.6 Å². The molecule has 0 saturated carbocycles. The minimum Gasteiger partial charge on any atom is -0.390 e. The summed E-state index contributed by atoms with van der Waals surface area (Å²) in [7, 11) is -5.22. The number of nitrogens with one attached hydrogen (secondary N) is 1. The fraction of sp³-hybridized carbons (Fsp3) is 0.857. The highest BCUT2D eigenvalue weighted by Gasteiger charge is 2.37. The summed E-state index contributed by atoms with van der Waals surface area (Å²) in [5, 5.41) is 10.2. The third-order valence-corrected chi connectivity index (χ3v) is 11.2. The molecule has 0 bridgehead atoms. The molecule has 2 heterocycles. The van der Waals surface area contributed by atoms with Crippen LogP contribution in [0, 0.1) is 5.82 Å². The van der Waals surface area contributed by atoms with E-state index in [-0.39, 0.29) is 13.0 Å². The number of H-pyrrole nitrogens is 1. The van der Waals surface area contributed by atoms with E-state index >= 15 is 0 Å². The fourth-order valence-electron chi connectivity index (χ4n) is 4.86. The van der Waals surface area contributed by atoms with E-state index in [1.165, 1.54) is 76.7 Å². The SMILES string of the molecule is C[Si](C)(C)CCCCCCCCCCCCCCSCCOP(=O)(O)OC[C@H]1O[C@@H](n2cc(F)c(=O)[nH]c2=O)C[C@@H]1O. The van der Waals surface area contributed by atoms with Crippen molar-refractivity contribution in [3.63, 3.8) is 0 Å². The summed E-state index contributed by atoms with van der Waals surface area (Å²) < 4.78 is 42.0. The zero-order chi connectivity index (χ0) is 31.0. The Morgan fingerprint density at radius 1 is 1.00 bits per heavy atom. The molecule has 244 valence electrons. The lowest BCUT2D eigenvalue weighted by Gasteiger charge is -2.18. The van der Waals surface area contributed by atoms with Crippen molar-refractivity contribution < 1.29 is 32.7 Å². The van der Waals surface area contributed by atoms with E-state index < -0.39 is 58.0 Å². The van der Waals surface area contributed by atoms with Crippen LogP contribution in [0.5, 0.6) is 0 Å². The van der Waals surface area contributed by atoms with Crippen LogP contribution in [-0.2, 0) is 18.3 Å². The molecule has 42 heavy (non-hydrogen) atoms. The molecule has 1 fully saturated rings. The number of aromatic nitrogens is 2. The summed E-state index contributed by atoms with van der Waals surface area (Å²) in [6.45, 7) is 6.94. The molecule has 4 atom stereocenters. The second-order valence-electron chi connectivity index (χ2n) is 12.3. The Balaban J connectivity index is 1.43. The van der Waals surface area contributed by atoms with Crippen molar-refractivity contribution in [1.29, 1.82) is 0 Å². The molecule has 0 radical (unpaired) electrons. The van der Waals surface area contributed by atoms with Gasteiger partial charge in [-0.1, -0.05) is 96.3 Å². The second kappa shape index (κ2) is 19.6. The molecule has 0 aliphatic carbocycles. The van der Waals surface area contributed by atoms with Gasteiger partial charge in [0.1, 0.15) is 12.3 Å². The van der Waals surface area contributed by atoms with Gasteiger partial charge in [0.05, 0.1) is 25.5 Å². The van der Waals surface area contributed by atoms with E-state index in [2.05, 4.69) is 19.6 Å². The van der Waals surface area contributed by atoms with Crippen LogP contribution in [0.25, 0.3) is 0 Å². The molecular weight excluding hydrogens is 602 g/mol. The number of hydrogen-bond donors (Lipinski definition) is 3. The fourth-order valence-corrected chi connectivity index (χ4v) is 7.84. The van der Waals surface area contributed by atoms with Gasteiger partial charge in [0.15, 0.2) is 0 Å². The average molecular weight is 655 g/mol. The Kier molecular flexibility index (Phi) is 17.4. The Bertz CT molecular complexity index is 1070. The van der Waals surface area contributed by atoms with Gasteiger partial charge in [-0.25, -0.2) is 9.36 Å². The van der Waals surface area contributed by atoms with Crippen LogP contribution in [0.4, 0.5) is 4.39 Å². The number of nitrogens with zero attached hydrogens (tertiary/aromatic N) is 1. The molecule has 3 N–H and O–H groups in total. The number of phosphoric acid groups is 1. The lowest BCUT2D eigenvalue weighted by molar-refractivity contribution is -0.0465. The van der Waals surface area contributed by atoms with Crippen LogP contribution in [0.3, 0.4) is 0 Å². The Labute approximate surface area is 254 Å². The van der Waals surface area contributed by atoms with Crippen molar-refractivity contribution in [2.75, 3.05) is 24.7 Å². The van der Waals surface area contributed by atoms with Gasteiger partial charge in [-0.15, -0.1) is 0 Å². The Morgan fingerprint density at radius 2 is 1.57 bits per heavy atom. The molecule has 0 spiro atoms. The standard InChI is InChI=1S/C28H52FN2O8PSSi/c1-42(2,3)19-15-13-11-9-7-5-4-6-8-10-12-14-17-41-18-16-37-40(35,36)38-22-25-24(32)20-26(39-25)31-21-23(29)27(33)30-28(31)34/h21,24-26,32H,4-20,22H2,1-3H3,(H,35,36)(H,30,33,34)/t24-,25+,26+/m0/s1. The molecule has 1 aliphatic heterocycles. The zero-order valence-corrected chi connectivity index (χ0v) is 28.3. The van der Waals surface area contributed by atoms with Crippen LogP contribution < -0.4 is 11.2 Å². The van der Waals surface area contributed by atoms with Crippen molar-refractivity contribution >= 4 is 27.7 Å². The first-order valence-corrected chi connectivity index (χ1v) is 21.8. The normalized spacial score (nSPS) is 20.7. The number of unbranched alkanes of at least 4 members (excludes halogenated alkanes) is 11. The van der Waals surface area contributed by atoms with Crippen molar-refractivity contribution in [3.05, 3.63) is 32.9 Å². The molecule has 1 unspecified atom stereocenters. The predicted molar refractivity (Wildman–Crippen MR) is 168 cm³/mol. The van der Waals surface area contributed by atoms with E-state index in [1.54, 1.807) is 11.8 Å².